The molecule has 6 nitrogen and oxygen atoms in total. The minimum Gasteiger partial charge on any atom is -0.497 e. The van der Waals surface area contributed by atoms with Crippen LogP contribution in [-0.2, 0) is 14.8 Å². The van der Waals surface area contributed by atoms with Crippen LogP contribution in [0.1, 0.15) is 6.92 Å². The molecule has 1 aromatic carbocycles. The molecule has 3 N–H and O–H groups in total. The third-order valence-corrected chi connectivity index (χ3v) is 3.46. The zero-order valence-electron chi connectivity index (χ0n) is 10.5. The fraction of sp³-hybridized carbons (Fsp3) is 0.455. The highest BCUT2D eigenvalue weighted by atomic mass is 32.2. The van der Waals surface area contributed by atoms with Crippen LogP contribution in [0.2, 0.25) is 0 Å². The molecule has 0 aromatic heterocycles. The number of hydrogen-bond acceptors (Lipinski definition) is 5. The molecule has 0 atom stereocenters. The van der Waals surface area contributed by atoms with Crippen LogP contribution in [0, 0.1) is 0 Å². The summed E-state index contributed by atoms with van der Waals surface area (Å²) in [6.45, 7) is 2.45. The second kappa shape index (κ2) is 6.46. The van der Waals surface area contributed by atoms with E-state index < -0.39 is 10.0 Å². The van der Waals surface area contributed by atoms with Gasteiger partial charge in [0.05, 0.1) is 30.8 Å². The lowest BCUT2D eigenvalue weighted by Gasteiger charge is -2.11. The standard InChI is InChI=1S/C11H18N2O4S/c1-3-17-6-7-18(14,15)13-11-5-4-9(16-2)8-10(11)12/h4-5,8,13H,3,6-7,12H2,1-2H3. The Hall–Kier alpha value is -1.47. The normalized spacial score (nSPS) is 11.2. The van der Waals surface area contributed by atoms with Gasteiger partial charge < -0.3 is 15.2 Å². The van der Waals surface area contributed by atoms with Crippen molar-refractivity contribution in [2.75, 3.05) is 36.5 Å². The molecular formula is C11H18N2O4S. The largest absolute Gasteiger partial charge is 0.497 e. The summed E-state index contributed by atoms with van der Waals surface area (Å²) in [5.74, 6) is 0.469. The number of nitrogens with one attached hydrogen (secondary N) is 1. The van der Waals surface area contributed by atoms with E-state index >= 15 is 0 Å². The summed E-state index contributed by atoms with van der Waals surface area (Å²) in [4.78, 5) is 0. The van der Waals surface area contributed by atoms with Gasteiger partial charge in [-0.1, -0.05) is 0 Å². The lowest BCUT2D eigenvalue weighted by molar-refractivity contribution is 0.163. The number of methoxy groups -OCH3 is 1. The predicted molar refractivity (Wildman–Crippen MR) is 71.3 cm³/mol. The Kier molecular flexibility index (Phi) is 5.24. The van der Waals surface area contributed by atoms with Crippen molar-refractivity contribution in [1.82, 2.24) is 0 Å². The number of ether oxygens (including phenoxy) is 2. The molecule has 0 aliphatic heterocycles. The van der Waals surface area contributed by atoms with Crippen LogP contribution in [0.4, 0.5) is 11.4 Å². The third kappa shape index (κ3) is 4.42. The molecule has 0 heterocycles. The molecule has 0 bridgehead atoms. The summed E-state index contributed by atoms with van der Waals surface area (Å²) in [6.07, 6.45) is 0. The van der Waals surface area contributed by atoms with Gasteiger partial charge in [0.2, 0.25) is 10.0 Å². The average Bonchev–Trinajstić information content (AvgIpc) is 2.31. The Morgan fingerprint density at radius 3 is 2.67 bits per heavy atom. The highest BCUT2D eigenvalue weighted by molar-refractivity contribution is 7.92. The maximum atomic E-state index is 11.7. The topological polar surface area (TPSA) is 90.7 Å². The number of hydrogen-bond donors (Lipinski definition) is 2. The molecule has 1 rings (SSSR count). The summed E-state index contributed by atoms with van der Waals surface area (Å²) in [7, 11) is -1.93. The van der Waals surface area contributed by atoms with Gasteiger partial charge in [-0.25, -0.2) is 8.42 Å². The first-order valence-corrected chi connectivity index (χ1v) is 7.15. The lowest BCUT2D eigenvalue weighted by Crippen LogP contribution is -2.20. The number of sulfonamides is 1. The number of nitrogen functional groups attached to an aromatic ring is 1. The number of nitrogens with two attached hydrogens (primary N) is 1. The zero-order chi connectivity index (χ0) is 13.6. The molecule has 0 radical (unpaired) electrons. The summed E-state index contributed by atoms with van der Waals surface area (Å²) in [5, 5.41) is 0. The minimum atomic E-state index is -3.44. The number of benzene rings is 1. The highest BCUT2D eigenvalue weighted by Crippen LogP contribution is 2.24. The molecule has 102 valence electrons. The van der Waals surface area contributed by atoms with Gasteiger partial charge in [0.15, 0.2) is 0 Å². The van der Waals surface area contributed by atoms with Gasteiger partial charge in [0, 0.05) is 12.7 Å². The van der Waals surface area contributed by atoms with E-state index in [9.17, 15) is 8.42 Å². The van der Waals surface area contributed by atoms with Crippen LogP contribution < -0.4 is 15.2 Å². The Labute approximate surface area is 107 Å². The van der Waals surface area contributed by atoms with Crippen LogP contribution in [-0.4, -0.2) is 34.5 Å². The van der Waals surface area contributed by atoms with E-state index in [1.54, 1.807) is 18.2 Å². The molecule has 0 aliphatic carbocycles. The van der Waals surface area contributed by atoms with Crippen LogP contribution in [0.5, 0.6) is 5.75 Å². The SMILES string of the molecule is CCOCCS(=O)(=O)Nc1ccc(OC)cc1N. The Balaban J connectivity index is 2.72. The molecular weight excluding hydrogens is 256 g/mol. The monoisotopic (exact) mass is 274 g/mol. The van der Waals surface area contributed by atoms with Crippen molar-refractivity contribution in [3.05, 3.63) is 18.2 Å². The van der Waals surface area contributed by atoms with Gasteiger partial charge in [-0.05, 0) is 19.1 Å². The van der Waals surface area contributed by atoms with Gasteiger partial charge in [-0.3, -0.25) is 4.72 Å². The van der Waals surface area contributed by atoms with E-state index in [0.29, 0.717) is 23.7 Å². The fourth-order valence-corrected chi connectivity index (χ4v) is 2.25. The molecule has 0 amide bonds. The molecule has 18 heavy (non-hydrogen) atoms. The Morgan fingerprint density at radius 1 is 1.39 bits per heavy atom. The minimum absolute atomic E-state index is 0.105. The van der Waals surface area contributed by atoms with Crippen LogP contribution in [0.25, 0.3) is 0 Å². The fourth-order valence-electron chi connectivity index (χ4n) is 1.29. The molecule has 0 spiro atoms. The van der Waals surface area contributed by atoms with Crippen LogP contribution in [0.3, 0.4) is 0 Å². The number of rotatable bonds is 7. The van der Waals surface area contributed by atoms with Gasteiger partial charge in [0.25, 0.3) is 0 Å². The number of anilines is 2. The van der Waals surface area contributed by atoms with Crippen molar-refractivity contribution < 1.29 is 17.9 Å². The van der Waals surface area contributed by atoms with Crippen molar-refractivity contribution in [2.45, 2.75) is 6.92 Å². The van der Waals surface area contributed by atoms with Crippen molar-refractivity contribution in [3.63, 3.8) is 0 Å². The summed E-state index contributed by atoms with van der Waals surface area (Å²) in [5.41, 5.74) is 6.38. The molecule has 1 aromatic rings. The smallest absolute Gasteiger partial charge is 0.235 e. The molecule has 0 saturated heterocycles. The quantitative estimate of drug-likeness (QED) is 0.573. The molecule has 7 heteroatoms. The van der Waals surface area contributed by atoms with E-state index in [1.165, 1.54) is 7.11 Å². The zero-order valence-corrected chi connectivity index (χ0v) is 11.3. The van der Waals surface area contributed by atoms with Crippen molar-refractivity contribution in [3.8, 4) is 5.75 Å². The van der Waals surface area contributed by atoms with Crippen LogP contribution in [0.15, 0.2) is 18.2 Å². The van der Waals surface area contributed by atoms with Gasteiger partial charge >= 0.3 is 0 Å². The molecule has 0 unspecified atom stereocenters. The van der Waals surface area contributed by atoms with Crippen molar-refractivity contribution >= 4 is 21.4 Å². The van der Waals surface area contributed by atoms with Crippen molar-refractivity contribution in [1.29, 1.82) is 0 Å². The predicted octanol–water partition coefficient (Wildman–Crippen LogP) is 1.06. The van der Waals surface area contributed by atoms with E-state index in [2.05, 4.69) is 4.72 Å². The van der Waals surface area contributed by atoms with E-state index in [4.69, 9.17) is 15.2 Å². The maximum absolute atomic E-state index is 11.7. The second-order valence-electron chi connectivity index (χ2n) is 3.57. The van der Waals surface area contributed by atoms with Gasteiger partial charge in [-0.2, -0.15) is 0 Å². The molecule has 0 aliphatic rings. The lowest BCUT2D eigenvalue weighted by atomic mass is 10.2. The van der Waals surface area contributed by atoms with E-state index in [1.807, 2.05) is 6.92 Å². The van der Waals surface area contributed by atoms with Crippen molar-refractivity contribution in [2.24, 2.45) is 0 Å². The molecule has 0 fully saturated rings. The van der Waals surface area contributed by atoms with E-state index in [0.717, 1.165) is 0 Å². The average molecular weight is 274 g/mol. The summed E-state index contributed by atoms with van der Waals surface area (Å²) < 4.78 is 35.8. The second-order valence-corrected chi connectivity index (χ2v) is 5.41. The maximum Gasteiger partial charge on any atom is 0.235 e. The first-order valence-electron chi connectivity index (χ1n) is 5.50. The van der Waals surface area contributed by atoms with Crippen LogP contribution >= 0.6 is 0 Å². The summed E-state index contributed by atoms with van der Waals surface area (Å²) >= 11 is 0. The highest BCUT2D eigenvalue weighted by Gasteiger charge is 2.12. The summed E-state index contributed by atoms with van der Waals surface area (Å²) in [6, 6.07) is 4.75. The molecule has 0 saturated carbocycles. The third-order valence-electron chi connectivity index (χ3n) is 2.22. The Morgan fingerprint density at radius 2 is 2.11 bits per heavy atom. The van der Waals surface area contributed by atoms with E-state index in [-0.39, 0.29) is 12.4 Å². The van der Waals surface area contributed by atoms with Gasteiger partial charge in [0.1, 0.15) is 5.75 Å². The Bertz CT molecular complexity index is 488. The van der Waals surface area contributed by atoms with Gasteiger partial charge in [-0.15, -0.1) is 0 Å². The first kappa shape index (κ1) is 14.6. The first-order chi connectivity index (χ1) is 8.48.